The van der Waals surface area contributed by atoms with E-state index in [2.05, 4.69) is 14.8 Å². The highest BCUT2D eigenvalue weighted by Gasteiger charge is 2.50. The van der Waals surface area contributed by atoms with Gasteiger partial charge in [0.1, 0.15) is 5.82 Å². The van der Waals surface area contributed by atoms with Crippen molar-refractivity contribution >= 4 is 11.6 Å². The SMILES string of the molecule is NC1=NCC2(CCN(C3CC3)C2)N1c1ccc(F)cc1. The van der Waals surface area contributed by atoms with Crippen molar-refractivity contribution < 1.29 is 4.39 Å². The number of halogens is 1. The first-order chi connectivity index (χ1) is 9.68. The molecule has 2 N–H and O–H groups in total. The molecule has 1 saturated heterocycles. The van der Waals surface area contributed by atoms with Crippen LogP contribution in [0, 0.1) is 5.82 Å². The molecule has 0 bridgehead atoms. The van der Waals surface area contributed by atoms with Crippen molar-refractivity contribution in [1.29, 1.82) is 0 Å². The molecule has 2 aliphatic heterocycles. The Bertz CT molecular complexity index is 551. The van der Waals surface area contributed by atoms with E-state index in [0.29, 0.717) is 5.96 Å². The molecule has 106 valence electrons. The Hall–Kier alpha value is -1.62. The van der Waals surface area contributed by atoms with Crippen LogP contribution in [0.15, 0.2) is 29.3 Å². The molecule has 0 radical (unpaired) electrons. The molecule has 0 aromatic heterocycles. The average molecular weight is 274 g/mol. The summed E-state index contributed by atoms with van der Waals surface area (Å²) in [6.07, 6.45) is 3.72. The molecule has 0 amide bonds. The minimum atomic E-state index is -0.219. The second-order valence-corrected chi connectivity index (χ2v) is 6.16. The maximum atomic E-state index is 13.1. The Labute approximate surface area is 118 Å². The van der Waals surface area contributed by atoms with Crippen LogP contribution < -0.4 is 10.6 Å². The molecular weight excluding hydrogens is 255 g/mol. The van der Waals surface area contributed by atoms with E-state index < -0.39 is 0 Å². The highest BCUT2D eigenvalue weighted by atomic mass is 19.1. The predicted molar refractivity (Wildman–Crippen MR) is 77.3 cm³/mol. The second kappa shape index (κ2) is 4.19. The number of nitrogens with zero attached hydrogens (tertiary/aromatic N) is 3. The monoisotopic (exact) mass is 274 g/mol. The van der Waals surface area contributed by atoms with Crippen LogP contribution in [0.3, 0.4) is 0 Å². The summed E-state index contributed by atoms with van der Waals surface area (Å²) in [5.74, 6) is 0.345. The van der Waals surface area contributed by atoms with Gasteiger partial charge in [0.25, 0.3) is 0 Å². The molecule has 1 aliphatic carbocycles. The molecule has 1 unspecified atom stereocenters. The summed E-state index contributed by atoms with van der Waals surface area (Å²) in [6.45, 7) is 2.88. The third kappa shape index (κ3) is 1.80. The van der Waals surface area contributed by atoms with Gasteiger partial charge < -0.3 is 10.6 Å². The van der Waals surface area contributed by atoms with Gasteiger partial charge in [0.15, 0.2) is 5.96 Å². The first-order valence-electron chi connectivity index (χ1n) is 7.28. The Morgan fingerprint density at radius 2 is 2.00 bits per heavy atom. The van der Waals surface area contributed by atoms with Crippen LogP contribution >= 0.6 is 0 Å². The van der Waals surface area contributed by atoms with E-state index in [4.69, 9.17) is 5.73 Å². The molecule has 1 aromatic rings. The quantitative estimate of drug-likeness (QED) is 0.890. The zero-order valence-electron chi connectivity index (χ0n) is 11.4. The number of rotatable bonds is 2. The zero-order valence-corrected chi connectivity index (χ0v) is 11.4. The van der Waals surface area contributed by atoms with Crippen molar-refractivity contribution in [3.63, 3.8) is 0 Å². The highest BCUT2D eigenvalue weighted by Crippen LogP contribution is 2.40. The molecule has 1 spiro atoms. The Kier molecular flexibility index (Phi) is 2.54. The van der Waals surface area contributed by atoms with E-state index >= 15 is 0 Å². The summed E-state index contributed by atoms with van der Waals surface area (Å²) in [5.41, 5.74) is 7.03. The van der Waals surface area contributed by atoms with Gasteiger partial charge in [0.05, 0.1) is 12.1 Å². The molecule has 4 nitrogen and oxygen atoms in total. The highest BCUT2D eigenvalue weighted by molar-refractivity contribution is 5.98. The second-order valence-electron chi connectivity index (χ2n) is 6.16. The van der Waals surface area contributed by atoms with Crippen molar-refractivity contribution in [3.05, 3.63) is 30.1 Å². The smallest absolute Gasteiger partial charge is 0.196 e. The molecule has 1 saturated carbocycles. The number of guanidine groups is 1. The van der Waals surface area contributed by atoms with Gasteiger partial charge in [0.2, 0.25) is 0 Å². The fourth-order valence-corrected chi connectivity index (χ4v) is 3.56. The number of hydrogen-bond acceptors (Lipinski definition) is 4. The van der Waals surface area contributed by atoms with E-state index in [1.165, 1.54) is 25.0 Å². The lowest BCUT2D eigenvalue weighted by molar-refractivity contribution is 0.306. The van der Waals surface area contributed by atoms with Crippen LogP contribution in [-0.4, -0.2) is 42.1 Å². The van der Waals surface area contributed by atoms with Gasteiger partial charge >= 0.3 is 0 Å². The van der Waals surface area contributed by atoms with Crippen LogP contribution in [0.4, 0.5) is 10.1 Å². The van der Waals surface area contributed by atoms with Gasteiger partial charge in [-0.25, -0.2) is 4.39 Å². The van der Waals surface area contributed by atoms with E-state index in [0.717, 1.165) is 37.8 Å². The minimum Gasteiger partial charge on any atom is -0.369 e. The van der Waals surface area contributed by atoms with Crippen molar-refractivity contribution in [1.82, 2.24) is 4.90 Å². The first kappa shape index (κ1) is 12.1. The maximum Gasteiger partial charge on any atom is 0.196 e. The maximum absolute atomic E-state index is 13.1. The van der Waals surface area contributed by atoms with E-state index in [9.17, 15) is 4.39 Å². The molecule has 1 aromatic carbocycles. The number of anilines is 1. The molecule has 2 fully saturated rings. The van der Waals surface area contributed by atoms with Crippen LogP contribution in [0.1, 0.15) is 19.3 Å². The third-order valence-corrected chi connectivity index (χ3v) is 4.75. The van der Waals surface area contributed by atoms with Crippen LogP contribution in [0.5, 0.6) is 0 Å². The zero-order chi connectivity index (χ0) is 13.7. The molecular formula is C15H19FN4. The van der Waals surface area contributed by atoms with Crippen molar-refractivity contribution in [2.24, 2.45) is 10.7 Å². The third-order valence-electron chi connectivity index (χ3n) is 4.75. The Balaban J connectivity index is 1.65. The van der Waals surface area contributed by atoms with Crippen molar-refractivity contribution in [2.45, 2.75) is 30.8 Å². The Morgan fingerprint density at radius 1 is 1.25 bits per heavy atom. The van der Waals surface area contributed by atoms with Crippen LogP contribution in [-0.2, 0) is 0 Å². The summed E-state index contributed by atoms with van der Waals surface area (Å²) in [5, 5.41) is 0. The largest absolute Gasteiger partial charge is 0.369 e. The van der Waals surface area contributed by atoms with Crippen molar-refractivity contribution in [2.75, 3.05) is 24.5 Å². The molecule has 4 rings (SSSR count). The lowest BCUT2D eigenvalue weighted by Gasteiger charge is -2.36. The Morgan fingerprint density at radius 3 is 2.70 bits per heavy atom. The summed E-state index contributed by atoms with van der Waals surface area (Å²) in [4.78, 5) is 9.15. The lowest BCUT2D eigenvalue weighted by atomic mass is 9.97. The fraction of sp³-hybridized carbons (Fsp3) is 0.533. The summed E-state index contributed by atoms with van der Waals surface area (Å²) in [7, 11) is 0. The minimum absolute atomic E-state index is 0.0233. The lowest BCUT2D eigenvalue weighted by Crippen LogP contribution is -2.53. The standard InChI is InChI=1S/C15H19FN4/c16-11-1-3-13(4-2-11)20-14(17)18-9-15(20)7-8-19(10-15)12-5-6-12/h1-4,12H,5-10H2,(H2,17,18). The van der Waals surface area contributed by atoms with Gasteiger partial charge in [-0.15, -0.1) is 0 Å². The van der Waals surface area contributed by atoms with Gasteiger partial charge in [-0.2, -0.15) is 0 Å². The topological polar surface area (TPSA) is 44.9 Å². The number of nitrogens with two attached hydrogens (primary N) is 1. The molecule has 2 heterocycles. The van der Waals surface area contributed by atoms with Gasteiger partial charge in [0, 0.05) is 24.8 Å². The number of aliphatic imine (C=N–C) groups is 1. The first-order valence-corrected chi connectivity index (χ1v) is 7.28. The summed E-state index contributed by atoms with van der Waals surface area (Å²) >= 11 is 0. The van der Waals surface area contributed by atoms with Crippen LogP contribution in [0.25, 0.3) is 0 Å². The molecule has 3 aliphatic rings. The van der Waals surface area contributed by atoms with E-state index in [1.54, 1.807) is 12.1 Å². The molecule has 1 atom stereocenters. The number of likely N-dealkylation sites (tertiary alicyclic amines) is 1. The summed E-state index contributed by atoms with van der Waals surface area (Å²) in [6, 6.07) is 7.34. The van der Waals surface area contributed by atoms with Gasteiger partial charge in [-0.05, 0) is 43.5 Å². The number of benzene rings is 1. The van der Waals surface area contributed by atoms with Crippen molar-refractivity contribution in [3.8, 4) is 0 Å². The van der Waals surface area contributed by atoms with E-state index in [1.807, 2.05) is 0 Å². The van der Waals surface area contributed by atoms with E-state index in [-0.39, 0.29) is 11.4 Å². The summed E-state index contributed by atoms with van der Waals surface area (Å²) < 4.78 is 13.1. The predicted octanol–water partition coefficient (Wildman–Crippen LogP) is 1.57. The number of hydrogen-bond donors (Lipinski definition) is 1. The van der Waals surface area contributed by atoms with Gasteiger partial charge in [-0.3, -0.25) is 9.89 Å². The van der Waals surface area contributed by atoms with Crippen LogP contribution in [0.2, 0.25) is 0 Å². The normalized spacial score (nSPS) is 30.2. The fourth-order valence-electron chi connectivity index (χ4n) is 3.56. The van der Waals surface area contributed by atoms with Gasteiger partial charge in [-0.1, -0.05) is 0 Å². The molecule has 20 heavy (non-hydrogen) atoms. The average Bonchev–Trinajstić information content (AvgIpc) is 3.14. The molecule has 5 heteroatoms.